The number of ether oxygens (including phenoxy) is 1. The lowest BCUT2D eigenvalue weighted by atomic mass is 10.1. The van der Waals surface area contributed by atoms with Crippen LogP contribution in [0.25, 0.3) is 11.2 Å². The molecule has 0 aliphatic carbocycles. The number of nitrogens with one attached hydrogen (secondary N) is 1. The molecule has 1 fully saturated rings. The van der Waals surface area contributed by atoms with E-state index in [0.717, 1.165) is 46.9 Å². The highest BCUT2D eigenvalue weighted by molar-refractivity contribution is 7.98. The van der Waals surface area contributed by atoms with E-state index in [4.69, 9.17) is 9.72 Å². The van der Waals surface area contributed by atoms with Crippen molar-refractivity contribution in [1.82, 2.24) is 19.9 Å². The minimum atomic E-state index is -0.241. The fourth-order valence-corrected chi connectivity index (χ4v) is 4.93. The van der Waals surface area contributed by atoms with Crippen molar-refractivity contribution in [2.75, 3.05) is 13.2 Å². The van der Waals surface area contributed by atoms with Gasteiger partial charge in [0.05, 0.1) is 12.6 Å². The maximum Gasteiger partial charge on any atom is 0.251 e. The molecule has 2 aromatic carbocycles. The monoisotopic (exact) mass is 476 g/mol. The Morgan fingerprint density at radius 1 is 1.12 bits per heavy atom. The van der Waals surface area contributed by atoms with E-state index < -0.39 is 0 Å². The molecule has 8 heteroatoms. The number of benzene rings is 2. The van der Waals surface area contributed by atoms with Gasteiger partial charge in [-0.25, -0.2) is 14.4 Å². The van der Waals surface area contributed by atoms with Crippen LogP contribution in [0.3, 0.4) is 0 Å². The number of fused-ring (bicyclic) bond motifs is 1. The van der Waals surface area contributed by atoms with Crippen molar-refractivity contribution in [3.63, 3.8) is 0 Å². The number of carbonyl (C=O) groups excluding carboxylic acids is 1. The number of thioether (sulfide) groups is 1. The molecule has 0 saturated carbocycles. The van der Waals surface area contributed by atoms with Gasteiger partial charge in [-0.15, -0.1) is 0 Å². The third kappa shape index (κ3) is 5.29. The average molecular weight is 477 g/mol. The number of carbonyl (C=O) groups is 1. The van der Waals surface area contributed by atoms with Crippen LogP contribution in [-0.4, -0.2) is 39.7 Å². The molecule has 5 rings (SSSR count). The first-order chi connectivity index (χ1) is 16.7. The molecule has 0 unspecified atom stereocenters. The number of hydrogen-bond acceptors (Lipinski definition) is 5. The van der Waals surface area contributed by atoms with Crippen LogP contribution < -0.4 is 5.32 Å². The zero-order valence-electron chi connectivity index (χ0n) is 18.6. The number of nitrogens with zero attached hydrogens (tertiary/aromatic N) is 3. The van der Waals surface area contributed by atoms with Gasteiger partial charge in [-0.05, 0) is 60.4 Å². The van der Waals surface area contributed by atoms with Gasteiger partial charge in [-0.1, -0.05) is 36.0 Å². The summed E-state index contributed by atoms with van der Waals surface area (Å²) in [6.45, 7) is 1.90. The van der Waals surface area contributed by atoms with Crippen molar-refractivity contribution in [3.8, 4) is 0 Å². The van der Waals surface area contributed by atoms with Crippen LogP contribution in [0.2, 0.25) is 0 Å². The lowest BCUT2D eigenvalue weighted by Crippen LogP contribution is -2.31. The van der Waals surface area contributed by atoms with Crippen molar-refractivity contribution in [1.29, 1.82) is 0 Å². The first-order valence-corrected chi connectivity index (χ1v) is 12.3. The highest BCUT2D eigenvalue weighted by Crippen LogP contribution is 2.27. The molecule has 34 heavy (non-hydrogen) atoms. The van der Waals surface area contributed by atoms with E-state index in [0.29, 0.717) is 24.4 Å². The van der Waals surface area contributed by atoms with Gasteiger partial charge in [0, 0.05) is 30.7 Å². The molecule has 1 atom stereocenters. The lowest BCUT2D eigenvalue weighted by Gasteiger charge is -2.12. The quantitative estimate of drug-likeness (QED) is 0.369. The van der Waals surface area contributed by atoms with Crippen LogP contribution >= 0.6 is 11.8 Å². The molecule has 0 radical (unpaired) electrons. The number of amides is 1. The molecule has 1 amide bonds. The molecule has 0 bridgehead atoms. The van der Waals surface area contributed by atoms with E-state index >= 15 is 0 Å². The smallest absolute Gasteiger partial charge is 0.251 e. The van der Waals surface area contributed by atoms with E-state index in [1.54, 1.807) is 30.1 Å². The average Bonchev–Trinajstić information content (AvgIpc) is 3.51. The summed E-state index contributed by atoms with van der Waals surface area (Å²) in [7, 11) is 0. The molecule has 0 spiro atoms. The summed E-state index contributed by atoms with van der Waals surface area (Å²) < 4.78 is 20.9. The van der Waals surface area contributed by atoms with Gasteiger partial charge in [-0.3, -0.25) is 9.36 Å². The number of rotatable bonds is 8. The van der Waals surface area contributed by atoms with Crippen molar-refractivity contribution in [2.24, 2.45) is 0 Å². The van der Waals surface area contributed by atoms with Crippen molar-refractivity contribution >= 4 is 28.8 Å². The Kier molecular flexibility index (Phi) is 6.87. The van der Waals surface area contributed by atoms with Gasteiger partial charge >= 0.3 is 0 Å². The van der Waals surface area contributed by atoms with Crippen LogP contribution in [0.15, 0.2) is 72.0 Å². The first-order valence-electron chi connectivity index (χ1n) is 11.3. The van der Waals surface area contributed by atoms with Crippen LogP contribution in [0, 0.1) is 5.82 Å². The van der Waals surface area contributed by atoms with E-state index in [1.165, 1.54) is 12.1 Å². The maximum atomic E-state index is 13.2. The van der Waals surface area contributed by atoms with Crippen LogP contribution in [-0.2, 0) is 17.0 Å². The summed E-state index contributed by atoms with van der Waals surface area (Å²) in [5, 5.41) is 3.80. The first kappa shape index (κ1) is 22.6. The number of imidazole rings is 1. The fraction of sp³-hybridized carbons (Fsp3) is 0.269. The molecule has 1 aliphatic rings. The minimum absolute atomic E-state index is 0.0904. The molecule has 1 saturated heterocycles. The lowest BCUT2D eigenvalue weighted by molar-refractivity contribution is 0.0858. The molecule has 1 N–H and O–H groups in total. The highest BCUT2D eigenvalue weighted by Gasteiger charge is 2.17. The van der Waals surface area contributed by atoms with Crippen molar-refractivity contribution < 1.29 is 13.9 Å². The summed E-state index contributed by atoms with van der Waals surface area (Å²) in [5.74, 6) is 0.342. The fourth-order valence-electron chi connectivity index (χ4n) is 3.98. The number of pyridine rings is 1. The molecule has 4 aromatic rings. The van der Waals surface area contributed by atoms with E-state index in [1.807, 2.05) is 36.4 Å². The van der Waals surface area contributed by atoms with Crippen molar-refractivity contribution in [2.45, 2.75) is 36.4 Å². The van der Waals surface area contributed by atoms with E-state index in [-0.39, 0.29) is 17.8 Å². The molecular formula is C26H25FN4O2S. The topological polar surface area (TPSA) is 69.0 Å². The SMILES string of the molecule is O=C(NC[C@H]1CCCO1)c1ccc(Cn2c(SCc3ccc(F)cc3)nc3cccnc32)cc1. The van der Waals surface area contributed by atoms with Gasteiger partial charge in [0.1, 0.15) is 11.3 Å². The van der Waals surface area contributed by atoms with E-state index in [9.17, 15) is 9.18 Å². The van der Waals surface area contributed by atoms with Gasteiger partial charge in [-0.2, -0.15) is 0 Å². The maximum absolute atomic E-state index is 13.2. The molecule has 1 aliphatic heterocycles. The minimum Gasteiger partial charge on any atom is -0.376 e. The summed E-state index contributed by atoms with van der Waals surface area (Å²) >= 11 is 1.59. The van der Waals surface area contributed by atoms with E-state index in [2.05, 4.69) is 14.9 Å². The van der Waals surface area contributed by atoms with Gasteiger partial charge < -0.3 is 10.1 Å². The number of hydrogen-bond donors (Lipinski definition) is 1. The second-order valence-corrected chi connectivity index (χ2v) is 9.23. The number of aromatic nitrogens is 3. The molecule has 2 aromatic heterocycles. The Morgan fingerprint density at radius 3 is 2.68 bits per heavy atom. The third-order valence-corrected chi connectivity index (χ3v) is 6.87. The normalized spacial score (nSPS) is 15.6. The second kappa shape index (κ2) is 10.4. The van der Waals surface area contributed by atoms with Gasteiger partial charge in [0.2, 0.25) is 0 Å². The van der Waals surface area contributed by atoms with Crippen LogP contribution in [0.4, 0.5) is 4.39 Å². The molecule has 3 heterocycles. The van der Waals surface area contributed by atoms with Crippen molar-refractivity contribution in [3.05, 3.63) is 89.4 Å². The second-order valence-electron chi connectivity index (χ2n) is 8.28. The number of halogens is 1. The Bertz CT molecular complexity index is 1270. The molecule has 6 nitrogen and oxygen atoms in total. The Morgan fingerprint density at radius 2 is 1.91 bits per heavy atom. The van der Waals surface area contributed by atoms with Gasteiger partial charge in [0.25, 0.3) is 5.91 Å². The Hall–Kier alpha value is -3.23. The summed E-state index contributed by atoms with van der Waals surface area (Å²) in [6, 6.07) is 18.0. The van der Waals surface area contributed by atoms with Crippen LogP contribution in [0.1, 0.15) is 34.3 Å². The Labute approximate surface area is 201 Å². The Balaban J connectivity index is 1.30. The molecule has 174 valence electrons. The molecular weight excluding hydrogens is 451 g/mol. The zero-order chi connectivity index (χ0) is 23.3. The third-order valence-electron chi connectivity index (χ3n) is 5.82. The standard InChI is InChI=1S/C26H25FN4O2S/c27-21-11-7-19(8-12-21)17-34-26-30-23-4-1-13-28-24(23)31(26)16-18-5-9-20(10-6-18)25(32)29-15-22-3-2-14-33-22/h1,4-13,22H,2-3,14-17H2,(H,29,32)/t22-/m1/s1. The predicted octanol–water partition coefficient (Wildman–Crippen LogP) is 4.82. The zero-order valence-corrected chi connectivity index (χ0v) is 19.4. The summed E-state index contributed by atoms with van der Waals surface area (Å²) in [6.07, 6.45) is 3.93. The van der Waals surface area contributed by atoms with Crippen LogP contribution in [0.5, 0.6) is 0 Å². The van der Waals surface area contributed by atoms with Gasteiger partial charge in [0.15, 0.2) is 10.8 Å². The highest BCUT2D eigenvalue weighted by atomic mass is 32.2. The summed E-state index contributed by atoms with van der Waals surface area (Å²) in [5.41, 5.74) is 4.33. The predicted molar refractivity (Wildman–Crippen MR) is 130 cm³/mol. The summed E-state index contributed by atoms with van der Waals surface area (Å²) in [4.78, 5) is 21.8. The largest absolute Gasteiger partial charge is 0.376 e.